The Bertz CT molecular complexity index is 356. The first-order valence-electron chi connectivity index (χ1n) is 6.44. The summed E-state index contributed by atoms with van der Waals surface area (Å²) in [7, 11) is 0. The summed E-state index contributed by atoms with van der Waals surface area (Å²) in [6.07, 6.45) is 4.86. The Kier molecular flexibility index (Phi) is 3.95. The maximum atomic E-state index is 4.59. The van der Waals surface area contributed by atoms with E-state index in [1.54, 1.807) is 0 Å². The lowest BCUT2D eigenvalue weighted by atomic mass is 9.78. The van der Waals surface area contributed by atoms with E-state index in [0.717, 1.165) is 17.8 Å². The van der Waals surface area contributed by atoms with E-state index in [9.17, 15) is 0 Å². The Morgan fingerprint density at radius 1 is 1.00 bits per heavy atom. The van der Waals surface area contributed by atoms with Crippen LogP contribution in [0.3, 0.4) is 0 Å². The van der Waals surface area contributed by atoms with Crippen LogP contribution in [0.5, 0.6) is 0 Å². The van der Waals surface area contributed by atoms with Crippen LogP contribution in [-0.4, -0.2) is 9.97 Å². The van der Waals surface area contributed by atoms with Crippen LogP contribution in [0.15, 0.2) is 12.4 Å². The van der Waals surface area contributed by atoms with E-state index in [-0.39, 0.29) is 10.8 Å². The standard InChI is InChI=1S/C15H26N2/c1-11(2)15(6,7)13-10-16-12(9-17-13)8-14(3,4)5/h9-11H,8H2,1-7H3. The third-order valence-corrected chi connectivity index (χ3v) is 3.52. The predicted molar refractivity (Wildman–Crippen MR) is 73.1 cm³/mol. The van der Waals surface area contributed by atoms with Crippen LogP contribution >= 0.6 is 0 Å². The lowest BCUT2D eigenvalue weighted by Gasteiger charge is -2.28. The highest BCUT2D eigenvalue weighted by atomic mass is 14.8. The second-order valence-electron chi connectivity index (χ2n) is 7.01. The van der Waals surface area contributed by atoms with Crippen LogP contribution in [0.2, 0.25) is 0 Å². The number of aromatic nitrogens is 2. The van der Waals surface area contributed by atoms with E-state index >= 15 is 0 Å². The lowest BCUT2D eigenvalue weighted by Crippen LogP contribution is -2.26. The average molecular weight is 234 g/mol. The second kappa shape index (κ2) is 4.75. The van der Waals surface area contributed by atoms with Crippen LogP contribution in [0.25, 0.3) is 0 Å². The number of nitrogens with zero attached hydrogens (tertiary/aromatic N) is 2. The minimum absolute atomic E-state index is 0.0905. The van der Waals surface area contributed by atoms with Gasteiger partial charge in [0.25, 0.3) is 0 Å². The summed E-state index contributed by atoms with van der Waals surface area (Å²) in [5, 5.41) is 0. The molecule has 0 spiro atoms. The number of hydrogen-bond acceptors (Lipinski definition) is 2. The Morgan fingerprint density at radius 3 is 1.94 bits per heavy atom. The molecule has 0 unspecified atom stereocenters. The minimum Gasteiger partial charge on any atom is -0.258 e. The monoisotopic (exact) mass is 234 g/mol. The van der Waals surface area contributed by atoms with Gasteiger partial charge in [-0.15, -0.1) is 0 Å². The zero-order chi connectivity index (χ0) is 13.3. The molecule has 0 N–H and O–H groups in total. The van der Waals surface area contributed by atoms with Crippen molar-refractivity contribution in [2.24, 2.45) is 11.3 Å². The highest BCUT2D eigenvalue weighted by molar-refractivity contribution is 5.13. The third-order valence-electron chi connectivity index (χ3n) is 3.52. The summed E-state index contributed by atoms with van der Waals surface area (Å²) in [4.78, 5) is 9.14. The SMILES string of the molecule is CC(C)C(C)(C)c1cnc(CC(C)(C)C)cn1. The first kappa shape index (κ1) is 14.1. The second-order valence-corrected chi connectivity index (χ2v) is 7.01. The van der Waals surface area contributed by atoms with E-state index in [0.29, 0.717) is 5.92 Å². The quantitative estimate of drug-likeness (QED) is 0.790. The van der Waals surface area contributed by atoms with Crippen LogP contribution in [0, 0.1) is 11.3 Å². The van der Waals surface area contributed by atoms with Crippen LogP contribution in [0.4, 0.5) is 0 Å². The average Bonchev–Trinajstić information content (AvgIpc) is 2.15. The zero-order valence-electron chi connectivity index (χ0n) is 12.3. The third kappa shape index (κ3) is 3.79. The Hall–Kier alpha value is -0.920. The van der Waals surface area contributed by atoms with E-state index < -0.39 is 0 Å². The fraction of sp³-hybridized carbons (Fsp3) is 0.733. The van der Waals surface area contributed by atoms with Crippen molar-refractivity contribution in [2.45, 2.75) is 60.3 Å². The predicted octanol–water partition coefficient (Wildman–Crippen LogP) is 4.00. The molecule has 1 aromatic rings. The largest absolute Gasteiger partial charge is 0.258 e. The van der Waals surface area contributed by atoms with Gasteiger partial charge in [0.2, 0.25) is 0 Å². The Morgan fingerprint density at radius 2 is 1.59 bits per heavy atom. The molecule has 0 fully saturated rings. The molecule has 0 amide bonds. The molecule has 2 heteroatoms. The Labute approximate surface area is 106 Å². The van der Waals surface area contributed by atoms with Crippen molar-refractivity contribution in [2.75, 3.05) is 0 Å². The normalized spacial score (nSPS) is 13.2. The molecule has 0 saturated heterocycles. The van der Waals surface area contributed by atoms with Crippen LogP contribution < -0.4 is 0 Å². The summed E-state index contributed by atoms with van der Waals surface area (Å²) in [6, 6.07) is 0. The Balaban J connectivity index is 2.89. The molecule has 0 aliphatic carbocycles. The van der Waals surface area contributed by atoms with Gasteiger partial charge < -0.3 is 0 Å². The van der Waals surface area contributed by atoms with Gasteiger partial charge in [-0.05, 0) is 17.8 Å². The van der Waals surface area contributed by atoms with Crippen molar-refractivity contribution in [1.29, 1.82) is 0 Å². The summed E-state index contributed by atoms with van der Waals surface area (Å²) in [5.41, 5.74) is 2.53. The molecule has 2 nitrogen and oxygen atoms in total. The van der Waals surface area contributed by atoms with Gasteiger partial charge in [0.15, 0.2) is 0 Å². The molecule has 1 rings (SSSR count). The van der Waals surface area contributed by atoms with Crippen molar-refractivity contribution >= 4 is 0 Å². The van der Waals surface area contributed by atoms with E-state index in [1.165, 1.54) is 0 Å². The smallest absolute Gasteiger partial charge is 0.0645 e. The molecule has 0 bridgehead atoms. The highest BCUT2D eigenvalue weighted by Gasteiger charge is 2.26. The number of rotatable bonds is 3. The molecule has 17 heavy (non-hydrogen) atoms. The van der Waals surface area contributed by atoms with Crippen LogP contribution in [-0.2, 0) is 11.8 Å². The zero-order valence-corrected chi connectivity index (χ0v) is 12.3. The highest BCUT2D eigenvalue weighted by Crippen LogP contribution is 2.29. The fourth-order valence-electron chi connectivity index (χ4n) is 1.62. The van der Waals surface area contributed by atoms with Gasteiger partial charge in [-0.25, -0.2) is 0 Å². The summed E-state index contributed by atoms with van der Waals surface area (Å²) in [6.45, 7) is 15.6. The lowest BCUT2D eigenvalue weighted by molar-refractivity contribution is 0.359. The van der Waals surface area contributed by atoms with E-state index in [4.69, 9.17) is 0 Å². The van der Waals surface area contributed by atoms with Crippen molar-refractivity contribution in [3.05, 3.63) is 23.8 Å². The summed E-state index contributed by atoms with van der Waals surface area (Å²) in [5.74, 6) is 0.560. The van der Waals surface area contributed by atoms with E-state index in [2.05, 4.69) is 58.4 Å². The molecule has 0 atom stereocenters. The molecule has 96 valence electrons. The first-order valence-corrected chi connectivity index (χ1v) is 6.44. The van der Waals surface area contributed by atoms with Gasteiger partial charge in [0, 0.05) is 17.8 Å². The topological polar surface area (TPSA) is 25.8 Å². The summed E-state index contributed by atoms with van der Waals surface area (Å²) >= 11 is 0. The van der Waals surface area contributed by atoms with Crippen molar-refractivity contribution in [3.8, 4) is 0 Å². The number of hydrogen-bond donors (Lipinski definition) is 0. The molecular formula is C15H26N2. The van der Waals surface area contributed by atoms with Crippen molar-refractivity contribution < 1.29 is 0 Å². The van der Waals surface area contributed by atoms with Gasteiger partial charge in [-0.1, -0.05) is 48.5 Å². The molecule has 1 aromatic heterocycles. The van der Waals surface area contributed by atoms with Gasteiger partial charge in [-0.2, -0.15) is 0 Å². The molecular weight excluding hydrogens is 208 g/mol. The molecule has 0 aliphatic rings. The van der Waals surface area contributed by atoms with E-state index in [1.807, 2.05) is 12.4 Å². The minimum atomic E-state index is 0.0905. The van der Waals surface area contributed by atoms with Crippen molar-refractivity contribution in [3.63, 3.8) is 0 Å². The summed E-state index contributed by atoms with van der Waals surface area (Å²) < 4.78 is 0. The maximum Gasteiger partial charge on any atom is 0.0645 e. The molecule has 0 aliphatic heterocycles. The molecule has 1 heterocycles. The fourth-order valence-corrected chi connectivity index (χ4v) is 1.62. The van der Waals surface area contributed by atoms with Crippen LogP contribution in [0.1, 0.15) is 59.9 Å². The maximum absolute atomic E-state index is 4.59. The van der Waals surface area contributed by atoms with Crippen molar-refractivity contribution in [1.82, 2.24) is 9.97 Å². The first-order chi connectivity index (χ1) is 7.63. The van der Waals surface area contributed by atoms with Gasteiger partial charge >= 0.3 is 0 Å². The van der Waals surface area contributed by atoms with Gasteiger partial charge in [0.05, 0.1) is 11.4 Å². The molecule has 0 radical (unpaired) electrons. The van der Waals surface area contributed by atoms with Gasteiger partial charge in [-0.3, -0.25) is 9.97 Å². The molecule has 0 saturated carbocycles. The molecule has 0 aromatic carbocycles. The van der Waals surface area contributed by atoms with Gasteiger partial charge in [0.1, 0.15) is 0 Å².